The third kappa shape index (κ3) is 6.94. The lowest BCUT2D eigenvalue weighted by Crippen LogP contribution is -2.21. The van der Waals surface area contributed by atoms with Crippen LogP contribution in [0, 0.1) is 11.8 Å². The van der Waals surface area contributed by atoms with Crippen LogP contribution in [0.4, 0.5) is 17.2 Å². The predicted molar refractivity (Wildman–Crippen MR) is 144 cm³/mol. The van der Waals surface area contributed by atoms with Gasteiger partial charge in [0.1, 0.15) is 0 Å². The van der Waals surface area contributed by atoms with Gasteiger partial charge in [-0.05, 0) is 42.9 Å². The summed E-state index contributed by atoms with van der Waals surface area (Å²) < 4.78 is 5.80. The summed E-state index contributed by atoms with van der Waals surface area (Å²) in [5, 5.41) is 16.9. The number of para-hydroxylation sites is 1. The van der Waals surface area contributed by atoms with Gasteiger partial charge in [0.05, 0.1) is 24.2 Å². The van der Waals surface area contributed by atoms with Crippen LogP contribution in [0.1, 0.15) is 56.1 Å². The van der Waals surface area contributed by atoms with Crippen molar-refractivity contribution in [1.29, 1.82) is 0 Å². The first kappa shape index (κ1) is 27.6. The van der Waals surface area contributed by atoms with Crippen LogP contribution in [0.3, 0.4) is 0 Å². The Kier molecular flexibility index (Phi) is 10.5. The molecule has 2 aromatic rings. The molecule has 190 valence electrons. The number of ether oxygens (including phenoxy) is 1. The fraction of sp³-hybridized carbons (Fsp3) is 0.462. The number of anilines is 3. The van der Waals surface area contributed by atoms with Crippen molar-refractivity contribution >= 4 is 28.8 Å². The van der Waals surface area contributed by atoms with E-state index in [1.165, 1.54) is 0 Å². The van der Waals surface area contributed by atoms with Crippen LogP contribution in [0.15, 0.2) is 41.0 Å². The Labute approximate surface area is 208 Å². The minimum Gasteiger partial charge on any atom is -0.494 e. The molecule has 5 N–H and O–H groups in total. The lowest BCUT2D eigenvalue weighted by Gasteiger charge is -2.20. The molecular weight excluding hydrogens is 442 g/mol. The van der Waals surface area contributed by atoms with Crippen molar-refractivity contribution in [2.75, 3.05) is 38.9 Å². The van der Waals surface area contributed by atoms with Crippen LogP contribution < -0.4 is 26.4 Å². The maximum absolute atomic E-state index is 12.4. The highest BCUT2D eigenvalue weighted by Crippen LogP contribution is 2.34. The van der Waals surface area contributed by atoms with E-state index >= 15 is 0 Å². The molecule has 0 saturated carbocycles. The Balaban J connectivity index is 2.50. The molecule has 0 aliphatic carbocycles. The normalized spacial score (nSPS) is 13.7. The van der Waals surface area contributed by atoms with Gasteiger partial charge in [-0.15, -0.1) is 10.2 Å². The van der Waals surface area contributed by atoms with Crippen molar-refractivity contribution < 1.29 is 9.53 Å². The molecule has 1 amide bonds. The third-order valence-corrected chi connectivity index (χ3v) is 6.15. The van der Waals surface area contributed by atoms with Gasteiger partial charge in [0.25, 0.3) is 5.91 Å². The summed E-state index contributed by atoms with van der Waals surface area (Å²) in [6.45, 7) is 6.62. The number of nitrogens with zero attached hydrogens (tertiary/aromatic N) is 3. The number of amides is 1. The fourth-order valence-corrected chi connectivity index (χ4v) is 3.83. The molecule has 2 atom stereocenters. The summed E-state index contributed by atoms with van der Waals surface area (Å²) in [5.74, 6) is 1.64. The summed E-state index contributed by atoms with van der Waals surface area (Å²) in [6.07, 6.45) is 5.07. The molecule has 1 aromatic heterocycles. The number of benzene rings is 1. The maximum atomic E-state index is 12.4. The average molecular weight is 482 g/mol. The zero-order valence-electron chi connectivity index (χ0n) is 21.9. The van der Waals surface area contributed by atoms with E-state index in [0.29, 0.717) is 28.9 Å². The average Bonchev–Trinajstić information content (AvgIpc) is 2.89. The van der Waals surface area contributed by atoms with E-state index in [1.54, 1.807) is 34.3 Å². The molecule has 9 nitrogen and oxygen atoms in total. The fourth-order valence-electron chi connectivity index (χ4n) is 3.83. The highest BCUT2D eigenvalue weighted by atomic mass is 16.5. The van der Waals surface area contributed by atoms with E-state index in [9.17, 15) is 4.79 Å². The van der Waals surface area contributed by atoms with Gasteiger partial charge in [0.15, 0.2) is 17.3 Å². The number of nitrogens with one attached hydrogen (secondary N) is 3. The first-order valence-corrected chi connectivity index (χ1v) is 12.0. The van der Waals surface area contributed by atoms with Crippen LogP contribution >= 0.6 is 0 Å². The first-order valence-electron chi connectivity index (χ1n) is 12.0. The van der Waals surface area contributed by atoms with E-state index in [-0.39, 0.29) is 17.5 Å². The molecule has 0 saturated heterocycles. The Morgan fingerprint density at radius 2 is 1.94 bits per heavy atom. The van der Waals surface area contributed by atoms with Crippen molar-refractivity contribution in [3.8, 4) is 5.75 Å². The van der Waals surface area contributed by atoms with E-state index in [4.69, 9.17) is 10.5 Å². The van der Waals surface area contributed by atoms with Crippen molar-refractivity contribution in [3.05, 3.63) is 47.3 Å². The number of carbonyl (C=O) groups is 1. The molecular formula is C26H39N7O2. The van der Waals surface area contributed by atoms with Crippen molar-refractivity contribution in [3.63, 3.8) is 0 Å². The molecule has 9 heteroatoms. The van der Waals surface area contributed by atoms with Crippen LogP contribution in [0.25, 0.3) is 0 Å². The van der Waals surface area contributed by atoms with Gasteiger partial charge in [-0.3, -0.25) is 9.79 Å². The molecule has 1 aromatic carbocycles. The first-order chi connectivity index (χ1) is 16.8. The van der Waals surface area contributed by atoms with Gasteiger partial charge in [0, 0.05) is 38.5 Å². The SMILES string of the molecule is CCC(C)CC(CC)/C(N)=C/C(=NC)c1cccc(Nc2cc(NC)nnc2C(=O)NC)c1OC. The molecule has 35 heavy (non-hydrogen) atoms. The number of rotatable bonds is 12. The largest absolute Gasteiger partial charge is 0.494 e. The minimum absolute atomic E-state index is 0.170. The van der Waals surface area contributed by atoms with Gasteiger partial charge in [0.2, 0.25) is 0 Å². The molecule has 1 heterocycles. The molecule has 2 unspecified atom stereocenters. The lowest BCUT2D eigenvalue weighted by atomic mass is 9.89. The topological polar surface area (TPSA) is 127 Å². The van der Waals surface area contributed by atoms with E-state index in [1.807, 2.05) is 24.3 Å². The number of methoxy groups -OCH3 is 1. The Hall–Kier alpha value is -3.62. The monoisotopic (exact) mass is 481 g/mol. The molecule has 2 rings (SSSR count). The van der Waals surface area contributed by atoms with Crippen LogP contribution in [0.5, 0.6) is 5.75 Å². The smallest absolute Gasteiger partial charge is 0.273 e. The summed E-state index contributed by atoms with van der Waals surface area (Å²) in [5.41, 5.74) is 10.2. The van der Waals surface area contributed by atoms with Gasteiger partial charge >= 0.3 is 0 Å². The summed E-state index contributed by atoms with van der Waals surface area (Å²) in [4.78, 5) is 16.9. The molecule has 0 aliphatic rings. The van der Waals surface area contributed by atoms with Crippen molar-refractivity contribution in [1.82, 2.24) is 15.5 Å². The van der Waals surface area contributed by atoms with Crippen LogP contribution in [0.2, 0.25) is 0 Å². The summed E-state index contributed by atoms with van der Waals surface area (Å²) >= 11 is 0. The Morgan fingerprint density at radius 1 is 1.20 bits per heavy atom. The number of nitrogens with two attached hydrogens (primary N) is 1. The number of hydrogen-bond acceptors (Lipinski definition) is 8. The van der Waals surface area contributed by atoms with E-state index in [0.717, 1.165) is 36.2 Å². The van der Waals surface area contributed by atoms with E-state index in [2.05, 4.69) is 51.9 Å². The molecule has 0 aliphatic heterocycles. The Morgan fingerprint density at radius 3 is 2.51 bits per heavy atom. The number of hydrogen-bond donors (Lipinski definition) is 4. The zero-order chi connectivity index (χ0) is 26.0. The third-order valence-electron chi connectivity index (χ3n) is 6.15. The van der Waals surface area contributed by atoms with Crippen molar-refractivity contribution in [2.45, 2.75) is 40.0 Å². The summed E-state index contributed by atoms with van der Waals surface area (Å²) in [6, 6.07) is 7.43. The van der Waals surface area contributed by atoms with Gasteiger partial charge in [-0.1, -0.05) is 33.3 Å². The minimum atomic E-state index is -0.351. The van der Waals surface area contributed by atoms with Gasteiger partial charge in [-0.2, -0.15) is 0 Å². The molecule has 0 fully saturated rings. The summed E-state index contributed by atoms with van der Waals surface area (Å²) in [7, 11) is 6.63. The standard InChI is InChI=1S/C26H39N7O2/c1-8-16(3)13-17(9-2)19(27)14-21(28-4)18-11-10-12-20(25(18)35-7)31-22-15-23(29-5)32-33-24(22)26(34)30-6/h10-12,14-17H,8-9,13,27H2,1-7H3,(H,30,34)(H2,29,31,32)/b19-14-,28-21?. The highest BCUT2D eigenvalue weighted by Gasteiger charge is 2.19. The number of carbonyl (C=O) groups excluding carboxylic acids is 1. The van der Waals surface area contributed by atoms with Gasteiger partial charge < -0.3 is 26.4 Å². The zero-order valence-corrected chi connectivity index (χ0v) is 21.9. The highest BCUT2D eigenvalue weighted by molar-refractivity contribution is 6.12. The van der Waals surface area contributed by atoms with E-state index < -0.39 is 0 Å². The number of allylic oxidation sites excluding steroid dienone is 2. The molecule has 0 spiro atoms. The van der Waals surface area contributed by atoms with Crippen molar-refractivity contribution in [2.24, 2.45) is 22.6 Å². The maximum Gasteiger partial charge on any atom is 0.273 e. The molecule has 0 bridgehead atoms. The molecule has 0 radical (unpaired) electrons. The van der Waals surface area contributed by atoms with Crippen LogP contribution in [-0.4, -0.2) is 50.1 Å². The Bertz CT molecular complexity index is 1070. The second-order valence-electron chi connectivity index (χ2n) is 8.44. The van der Waals surface area contributed by atoms with Gasteiger partial charge in [-0.25, -0.2) is 0 Å². The number of aromatic nitrogens is 2. The number of aliphatic imine (C=N–C) groups is 1. The lowest BCUT2D eigenvalue weighted by molar-refractivity contribution is 0.0958. The van der Waals surface area contributed by atoms with Crippen LogP contribution in [-0.2, 0) is 0 Å². The second kappa shape index (κ2) is 13.3. The quantitative estimate of drug-likeness (QED) is 0.332. The predicted octanol–water partition coefficient (Wildman–Crippen LogP) is 4.35. The second-order valence-corrected chi connectivity index (χ2v) is 8.44.